The van der Waals surface area contributed by atoms with E-state index in [1.165, 1.54) is 31.2 Å². The van der Waals surface area contributed by atoms with Crippen molar-refractivity contribution in [3.8, 4) is 0 Å². The van der Waals surface area contributed by atoms with E-state index < -0.39 is 0 Å². The molecule has 0 aromatic carbocycles. The molecule has 0 unspecified atom stereocenters. The second-order valence-corrected chi connectivity index (χ2v) is 7.26. The summed E-state index contributed by atoms with van der Waals surface area (Å²) in [6.45, 7) is 11.4. The predicted molar refractivity (Wildman–Crippen MR) is 124 cm³/mol. The molecular weight excluding hydrogens is 451 g/mol. The molecule has 2 aliphatic rings. The summed E-state index contributed by atoms with van der Waals surface area (Å²) in [4.78, 5) is 14.3. The first-order chi connectivity index (χ1) is 12.8. The van der Waals surface area contributed by atoms with Gasteiger partial charge in [0.05, 0.1) is 6.54 Å². The van der Waals surface area contributed by atoms with Gasteiger partial charge in [0.2, 0.25) is 0 Å². The zero-order valence-corrected chi connectivity index (χ0v) is 19.1. The number of guanidine groups is 1. The molecule has 0 amide bonds. The number of nitrogens with zero attached hydrogens (tertiary/aromatic N) is 4. The molecule has 27 heavy (non-hydrogen) atoms. The number of anilines is 1. The molecule has 2 fully saturated rings. The highest BCUT2D eigenvalue weighted by atomic mass is 127. The van der Waals surface area contributed by atoms with E-state index in [1.54, 1.807) is 0 Å². The van der Waals surface area contributed by atoms with Crippen molar-refractivity contribution in [3.63, 3.8) is 0 Å². The standard InChI is InChI=1S/C20H34N6.HI/c1-3-21-20(24-18-7-5-6-8-18)23-16-17-9-10-22-19(15-17)26-13-11-25(4-2)12-14-26;/h9-10,15,18H,3-8,11-14,16H2,1-2H3,(H2,21,23,24);1H. The fraction of sp³-hybridized carbons (Fsp3) is 0.700. The van der Waals surface area contributed by atoms with Crippen molar-refractivity contribution in [2.24, 2.45) is 4.99 Å². The molecule has 1 saturated heterocycles. The Morgan fingerprint density at radius 1 is 1.19 bits per heavy atom. The zero-order valence-electron chi connectivity index (χ0n) is 16.8. The summed E-state index contributed by atoms with van der Waals surface area (Å²) in [5.41, 5.74) is 1.22. The van der Waals surface area contributed by atoms with Gasteiger partial charge in [0.15, 0.2) is 5.96 Å². The molecule has 7 heteroatoms. The van der Waals surface area contributed by atoms with Crippen molar-refractivity contribution < 1.29 is 0 Å². The monoisotopic (exact) mass is 486 g/mol. The van der Waals surface area contributed by atoms with E-state index >= 15 is 0 Å². The molecule has 1 aromatic rings. The van der Waals surface area contributed by atoms with Crippen LogP contribution in [0.2, 0.25) is 0 Å². The maximum absolute atomic E-state index is 4.80. The molecule has 2 N–H and O–H groups in total. The Labute approximate surface area is 181 Å². The highest BCUT2D eigenvalue weighted by molar-refractivity contribution is 14.0. The Bertz CT molecular complexity index is 580. The summed E-state index contributed by atoms with van der Waals surface area (Å²) < 4.78 is 0. The highest BCUT2D eigenvalue weighted by Gasteiger charge is 2.17. The number of pyridine rings is 1. The Morgan fingerprint density at radius 3 is 2.59 bits per heavy atom. The van der Waals surface area contributed by atoms with Gasteiger partial charge in [0.1, 0.15) is 5.82 Å². The van der Waals surface area contributed by atoms with E-state index in [0.717, 1.165) is 51.0 Å². The van der Waals surface area contributed by atoms with Crippen LogP contribution in [0.25, 0.3) is 0 Å². The minimum Gasteiger partial charge on any atom is -0.357 e. The fourth-order valence-electron chi connectivity index (χ4n) is 3.78. The summed E-state index contributed by atoms with van der Waals surface area (Å²) >= 11 is 0. The molecule has 152 valence electrons. The number of hydrogen-bond donors (Lipinski definition) is 2. The van der Waals surface area contributed by atoms with Gasteiger partial charge >= 0.3 is 0 Å². The number of aromatic nitrogens is 1. The van der Waals surface area contributed by atoms with Crippen molar-refractivity contribution in [1.82, 2.24) is 20.5 Å². The van der Waals surface area contributed by atoms with E-state index in [4.69, 9.17) is 4.99 Å². The number of hydrogen-bond acceptors (Lipinski definition) is 4. The van der Waals surface area contributed by atoms with Gasteiger partial charge in [-0.1, -0.05) is 19.8 Å². The number of rotatable bonds is 6. The molecular formula is C20H35IN6. The average molecular weight is 486 g/mol. The first kappa shape index (κ1) is 22.2. The van der Waals surface area contributed by atoms with Crippen LogP contribution in [-0.2, 0) is 6.54 Å². The van der Waals surface area contributed by atoms with Gasteiger partial charge in [-0.25, -0.2) is 9.98 Å². The quantitative estimate of drug-likeness (QED) is 0.368. The van der Waals surface area contributed by atoms with Gasteiger partial charge in [0.25, 0.3) is 0 Å². The Kier molecular flexibility index (Phi) is 9.61. The summed E-state index contributed by atoms with van der Waals surface area (Å²) in [6, 6.07) is 4.86. The van der Waals surface area contributed by atoms with Crippen LogP contribution in [-0.4, -0.2) is 61.2 Å². The number of halogens is 1. The van der Waals surface area contributed by atoms with Crippen LogP contribution in [0.3, 0.4) is 0 Å². The summed E-state index contributed by atoms with van der Waals surface area (Å²) in [6.07, 6.45) is 7.09. The molecule has 3 rings (SSSR count). The third kappa shape index (κ3) is 6.78. The number of nitrogens with one attached hydrogen (secondary N) is 2. The maximum atomic E-state index is 4.80. The van der Waals surface area contributed by atoms with Crippen molar-refractivity contribution in [1.29, 1.82) is 0 Å². The van der Waals surface area contributed by atoms with E-state index in [0.29, 0.717) is 12.6 Å². The molecule has 2 heterocycles. The van der Waals surface area contributed by atoms with Crippen molar-refractivity contribution in [2.75, 3.05) is 44.2 Å². The van der Waals surface area contributed by atoms with E-state index in [1.807, 2.05) is 6.20 Å². The Morgan fingerprint density at radius 2 is 1.93 bits per heavy atom. The van der Waals surface area contributed by atoms with E-state index in [2.05, 4.69) is 51.4 Å². The van der Waals surface area contributed by atoms with Crippen LogP contribution in [0.4, 0.5) is 5.82 Å². The lowest BCUT2D eigenvalue weighted by atomic mass is 10.2. The van der Waals surface area contributed by atoms with Crippen molar-refractivity contribution >= 4 is 35.8 Å². The van der Waals surface area contributed by atoms with E-state index in [9.17, 15) is 0 Å². The normalized spacial score (nSPS) is 19.0. The summed E-state index contributed by atoms with van der Waals surface area (Å²) in [5, 5.41) is 6.96. The van der Waals surface area contributed by atoms with E-state index in [-0.39, 0.29) is 24.0 Å². The smallest absolute Gasteiger partial charge is 0.191 e. The van der Waals surface area contributed by atoms with Gasteiger partial charge in [-0.2, -0.15) is 0 Å². The minimum absolute atomic E-state index is 0. The summed E-state index contributed by atoms with van der Waals surface area (Å²) in [7, 11) is 0. The first-order valence-electron chi connectivity index (χ1n) is 10.3. The lowest BCUT2D eigenvalue weighted by Gasteiger charge is -2.34. The van der Waals surface area contributed by atoms with Crippen LogP contribution in [0.1, 0.15) is 45.1 Å². The molecule has 0 spiro atoms. The second-order valence-electron chi connectivity index (χ2n) is 7.26. The Hall–Kier alpha value is -1.09. The topological polar surface area (TPSA) is 55.8 Å². The zero-order chi connectivity index (χ0) is 18.2. The second kappa shape index (κ2) is 11.7. The maximum Gasteiger partial charge on any atom is 0.191 e. The van der Waals surface area contributed by atoms with Crippen molar-refractivity contribution in [2.45, 2.75) is 52.1 Å². The number of aliphatic imine (C=N–C) groups is 1. The van der Waals surface area contributed by atoms with Crippen LogP contribution in [0, 0.1) is 0 Å². The van der Waals surface area contributed by atoms with Gasteiger partial charge < -0.3 is 20.4 Å². The third-order valence-electron chi connectivity index (χ3n) is 5.41. The largest absolute Gasteiger partial charge is 0.357 e. The van der Waals surface area contributed by atoms with Gasteiger partial charge in [-0.3, -0.25) is 0 Å². The Balaban J connectivity index is 0.00000261. The van der Waals surface area contributed by atoms with Gasteiger partial charge in [0, 0.05) is 45.0 Å². The predicted octanol–water partition coefficient (Wildman–Crippen LogP) is 2.84. The van der Waals surface area contributed by atoms with Crippen molar-refractivity contribution in [3.05, 3.63) is 23.9 Å². The van der Waals surface area contributed by atoms with Crippen LogP contribution >= 0.6 is 24.0 Å². The van der Waals surface area contributed by atoms with Gasteiger partial charge in [-0.15, -0.1) is 24.0 Å². The highest BCUT2D eigenvalue weighted by Crippen LogP contribution is 2.18. The summed E-state index contributed by atoms with van der Waals surface area (Å²) in [5.74, 6) is 2.02. The molecule has 0 atom stereocenters. The van der Waals surface area contributed by atoms with Crippen LogP contribution in [0.5, 0.6) is 0 Å². The molecule has 1 aliphatic heterocycles. The molecule has 1 saturated carbocycles. The SMILES string of the molecule is CCNC(=NCc1ccnc(N2CCN(CC)CC2)c1)NC1CCCC1.I. The van der Waals surface area contributed by atoms with Gasteiger partial charge in [-0.05, 0) is 44.0 Å². The molecule has 1 aromatic heterocycles. The average Bonchev–Trinajstić information content (AvgIpc) is 3.20. The van der Waals surface area contributed by atoms with Crippen LogP contribution in [0.15, 0.2) is 23.3 Å². The lowest BCUT2D eigenvalue weighted by molar-refractivity contribution is 0.270. The molecule has 1 aliphatic carbocycles. The number of likely N-dealkylation sites (N-methyl/N-ethyl adjacent to an activating group) is 1. The first-order valence-corrected chi connectivity index (χ1v) is 10.3. The lowest BCUT2D eigenvalue weighted by Crippen LogP contribution is -2.46. The molecule has 6 nitrogen and oxygen atoms in total. The number of piperazine rings is 1. The van der Waals surface area contributed by atoms with Crippen LogP contribution < -0.4 is 15.5 Å². The molecule has 0 bridgehead atoms. The molecule has 0 radical (unpaired) electrons. The third-order valence-corrected chi connectivity index (χ3v) is 5.41. The minimum atomic E-state index is 0. The fourth-order valence-corrected chi connectivity index (χ4v) is 3.78.